The Kier molecular flexibility index (Phi) is 36.4. The molecule has 0 aliphatic heterocycles. The van der Waals surface area contributed by atoms with E-state index in [1.807, 2.05) is 36.5 Å². The molecule has 0 aromatic carbocycles. The maximum Gasteiger partial charge on any atom is 0.469 e. The van der Waals surface area contributed by atoms with E-state index in [9.17, 15) is 19.3 Å². The summed E-state index contributed by atoms with van der Waals surface area (Å²) in [6.07, 6.45) is 41.7. The van der Waals surface area contributed by atoms with Gasteiger partial charge >= 0.3 is 19.8 Å². The van der Waals surface area contributed by atoms with E-state index in [-0.39, 0.29) is 25.6 Å². The first kappa shape index (κ1) is 52.0. The number of aliphatic hydroxyl groups excluding tert-OH is 1. The molecule has 0 fully saturated rings. The molecule has 0 aromatic heterocycles. The van der Waals surface area contributed by atoms with E-state index in [0.29, 0.717) is 19.3 Å². The summed E-state index contributed by atoms with van der Waals surface area (Å²) in [4.78, 5) is 42.8. The summed E-state index contributed by atoms with van der Waals surface area (Å²) in [5.41, 5.74) is 0. The van der Waals surface area contributed by atoms with Crippen LogP contribution in [-0.2, 0) is 28.2 Å². The van der Waals surface area contributed by atoms with Crippen molar-refractivity contribution < 1.29 is 43.0 Å². The monoisotopic (exact) mass is 783 g/mol. The molecule has 0 spiro atoms. The molecule has 0 bridgehead atoms. The van der Waals surface area contributed by atoms with Crippen molar-refractivity contribution in [2.45, 2.75) is 200 Å². The molecule has 0 unspecified atom stereocenters. The number of hydrogen-bond donors (Lipinski definition) is 3. The maximum absolute atomic E-state index is 12.4. The van der Waals surface area contributed by atoms with Crippen LogP contribution >= 0.6 is 7.82 Å². The minimum atomic E-state index is -4.78. The van der Waals surface area contributed by atoms with Gasteiger partial charge in [0.1, 0.15) is 6.61 Å². The van der Waals surface area contributed by atoms with Gasteiger partial charge in [-0.1, -0.05) is 185 Å². The topological polar surface area (TPSA) is 140 Å². The summed E-state index contributed by atoms with van der Waals surface area (Å²) in [6.45, 7) is 5.86. The molecule has 10 heteroatoms. The molecule has 314 valence electrons. The number of aliphatic hydroxyl groups is 1. The SMILES string of the molecule is CCCCC[C@@H](O)/C=C/C=C\C/C=C\C/C=C\CCCC(=O)OC[C@H](COP(=O)(O)O)OC(=O)CCCCCCCCCCCCCCCCCC(C)C. The van der Waals surface area contributed by atoms with Gasteiger partial charge in [-0.15, -0.1) is 0 Å². The number of carbonyl (C=O) groups excluding carboxylic acids is 2. The second-order valence-corrected chi connectivity index (χ2v) is 16.2. The lowest BCUT2D eigenvalue weighted by Crippen LogP contribution is -2.29. The van der Waals surface area contributed by atoms with E-state index in [0.717, 1.165) is 63.7 Å². The molecule has 9 nitrogen and oxygen atoms in total. The molecular weight excluding hydrogens is 703 g/mol. The highest BCUT2D eigenvalue weighted by Gasteiger charge is 2.22. The number of hydrogen-bond acceptors (Lipinski definition) is 7. The Hall–Kier alpha value is -2.03. The first-order chi connectivity index (χ1) is 26.0. The van der Waals surface area contributed by atoms with Gasteiger partial charge in [-0.25, -0.2) is 4.57 Å². The fourth-order valence-corrected chi connectivity index (χ4v) is 6.26. The molecule has 0 radical (unpaired) electrons. The van der Waals surface area contributed by atoms with Crippen LogP contribution in [0.4, 0.5) is 0 Å². The predicted octanol–water partition coefficient (Wildman–Crippen LogP) is 12.0. The van der Waals surface area contributed by atoms with Gasteiger partial charge in [0.05, 0.1) is 12.7 Å². The molecule has 2 atom stereocenters. The molecule has 0 aliphatic carbocycles. The van der Waals surface area contributed by atoms with Gasteiger partial charge in [0, 0.05) is 12.8 Å². The lowest BCUT2D eigenvalue weighted by Gasteiger charge is -2.18. The molecule has 0 saturated heterocycles. The number of allylic oxidation sites excluding steroid dienone is 7. The molecule has 0 amide bonds. The van der Waals surface area contributed by atoms with Gasteiger partial charge in [-0.3, -0.25) is 14.1 Å². The molecule has 0 heterocycles. The zero-order valence-electron chi connectivity index (χ0n) is 34.4. The first-order valence-corrected chi connectivity index (χ1v) is 22.9. The van der Waals surface area contributed by atoms with Crippen LogP contribution in [-0.4, -0.2) is 52.3 Å². The molecule has 3 N–H and O–H groups in total. The molecular formula is C44H79O9P. The Bertz CT molecular complexity index is 1050. The Morgan fingerprint density at radius 3 is 1.70 bits per heavy atom. The van der Waals surface area contributed by atoms with Crippen molar-refractivity contribution in [1.29, 1.82) is 0 Å². The van der Waals surface area contributed by atoms with Crippen LogP contribution in [0.25, 0.3) is 0 Å². The van der Waals surface area contributed by atoms with E-state index < -0.39 is 32.5 Å². The van der Waals surface area contributed by atoms with E-state index in [1.54, 1.807) is 0 Å². The van der Waals surface area contributed by atoms with Crippen molar-refractivity contribution in [2.75, 3.05) is 13.2 Å². The zero-order chi connectivity index (χ0) is 40.0. The third kappa shape index (κ3) is 41.1. The fourth-order valence-electron chi connectivity index (χ4n) is 5.90. The largest absolute Gasteiger partial charge is 0.469 e. The second kappa shape index (κ2) is 37.9. The molecule has 0 saturated carbocycles. The normalized spacial score (nSPS) is 13.6. The summed E-state index contributed by atoms with van der Waals surface area (Å²) in [5, 5.41) is 9.87. The number of ether oxygens (including phenoxy) is 2. The third-order valence-electron chi connectivity index (χ3n) is 9.13. The maximum atomic E-state index is 12.4. The summed E-state index contributed by atoms with van der Waals surface area (Å²) in [5.74, 6) is -0.144. The van der Waals surface area contributed by atoms with Gasteiger partial charge in [0.2, 0.25) is 0 Å². The lowest BCUT2D eigenvalue weighted by atomic mass is 10.0. The van der Waals surface area contributed by atoms with Crippen molar-refractivity contribution in [3.8, 4) is 0 Å². The summed E-state index contributed by atoms with van der Waals surface area (Å²) in [7, 11) is -4.78. The number of esters is 2. The van der Waals surface area contributed by atoms with Gasteiger partial charge in [0.15, 0.2) is 6.10 Å². The highest BCUT2D eigenvalue weighted by atomic mass is 31.2. The van der Waals surface area contributed by atoms with Crippen LogP contribution in [0, 0.1) is 5.92 Å². The third-order valence-corrected chi connectivity index (χ3v) is 9.62. The number of carbonyl (C=O) groups is 2. The number of rotatable bonds is 38. The van der Waals surface area contributed by atoms with Crippen molar-refractivity contribution in [3.05, 3.63) is 48.6 Å². The zero-order valence-corrected chi connectivity index (χ0v) is 35.3. The molecule has 0 rings (SSSR count). The summed E-state index contributed by atoms with van der Waals surface area (Å²) in [6, 6.07) is 0. The second-order valence-electron chi connectivity index (χ2n) is 15.0. The van der Waals surface area contributed by atoms with Gasteiger partial charge in [-0.2, -0.15) is 0 Å². The Morgan fingerprint density at radius 1 is 0.611 bits per heavy atom. The van der Waals surface area contributed by atoms with Crippen LogP contribution in [0.5, 0.6) is 0 Å². The van der Waals surface area contributed by atoms with Crippen molar-refractivity contribution in [3.63, 3.8) is 0 Å². The molecule has 0 aliphatic rings. The van der Waals surface area contributed by atoms with E-state index in [2.05, 4.69) is 37.4 Å². The van der Waals surface area contributed by atoms with E-state index in [4.69, 9.17) is 19.3 Å². The Balaban J connectivity index is 4.03. The van der Waals surface area contributed by atoms with Gasteiger partial charge in [-0.05, 0) is 44.4 Å². The van der Waals surface area contributed by atoms with Gasteiger partial charge in [0.25, 0.3) is 0 Å². The van der Waals surface area contributed by atoms with Crippen LogP contribution in [0.3, 0.4) is 0 Å². The average molecular weight is 783 g/mol. The Labute approximate surface area is 329 Å². The smallest absolute Gasteiger partial charge is 0.462 e. The fraction of sp³-hybridized carbons (Fsp3) is 0.773. The minimum Gasteiger partial charge on any atom is -0.462 e. The quantitative estimate of drug-likeness (QED) is 0.0183. The first-order valence-electron chi connectivity index (χ1n) is 21.4. The standard InChI is InChI=1S/C44H79O9P/c1-4-5-28-34-41(45)35-30-25-21-17-13-11-15-18-22-26-31-36-43(46)51-38-42(39-52-54(48,49)50)53-44(47)37-32-27-23-19-14-10-8-6-7-9-12-16-20-24-29-33-40(2)3/h11,13,18,21-22,25,30,35,40-42,45H,4-10,12,14-17,19-20,23-24,26-29,31-34,36-39H2,1-3H3,(H2,48,49,50)/b13-11-,22-18-,25-21-,35-30+/t41-,42-/m1/s1. The lowest BCUT2D eigenvalue weighted by molar-refractivity contribution is -0.161. The number of phosphoric ester groups is 1. The highest BCUT2D eigenvalue weighted by molar-refractivity contribution is 7.46. The predicted molar refractivity (Wildman–Crippen MR) is 222 cm³/mol. The van der Waals surface area contributed by atoms with Crippen LogP contribution in [0.2, 0.25) is 0 Å². The van der Waals surface area contributed by atoms with E-state index in [1.165, 1.54) is 77.0 Å². The van der Waals surface area contributed by atoms with Crippen LogP contribution < -0.4 is 0 Å². The summed E-state index contributed by atoms with van der Waals surface area (Å²) >= 11 is 0. The highest BCUT2D eigenvalue weighted by Crippen LogP contribution is 2.36. The number of phosphoric acid groups is 1. The minimum absolute atomic E-state index is 0.171. The average Bonchev–Trinajstić information content (AvgIpc) is 3.12. The number of unbranched alkanes of at least 4 members (excludes halogenated alkanes) is 17. The van der Waals surface area contributed by atoms with Crippen LogP contribution in [0.15, 0.2) is 48.6 Å². The van der Waals surface area contributed by atoms with E-state index >= 15 is 0 Å². The van der Waals surface area contributed by atoms with Crippen LogP contribution in [0.1, 0.15) is 188 Å². The van der Waals surface area contributed by atoms with Gasteiger partial charge < -0.3 is 24.4 Å². The van der Waals surface area contributed by atoms with Crippen molar-refractivity contribution in [2.24, 2.45) is 5.92 Å². The summed E-state index contributed by atoms with van der Waals surface area (Å²) < 4.78 is 26.3. The van der Waals surface area contributed by atoms with Crippen molar-refractivity contribution >= 4 is 19.8 Å². The molecule has 54 heavy (non-hydrogen) atoms. The van der Waals surface area contributed by atoms with Crippen molar-refractivity contribution in [1.82, 2.24) is 0 Å². The molecule has 0 aromatic rings. The Morgan fingerprint density at radius 2 is 1.13 bits per heavy atom.